The highest BCUT2D eigenvalue weighted by Gasteiger charge is 2.51. The van der Waals surface area contributed by atoms with Crippen LogP contribution in [0.2, 0.25) is 0 Å². The van der Waals surface area contributed by atoms with E-state index in [1.807, 2.05) is 0 Å². The molecule has 0 radical (unpaired) electrons. The number of benzene rings is 2. The summed E-state index contributed by atoms with van der Waals surface area (Å²) in [5.41, 5.74) is -0.876. The van der Waals surface area contributed by atoms with Gasteiger partial charge in [-0.25, -0.2) is 9.13 Å². The van der Waals surface area contributed by atoms with Gasteiger partial charge in [0.2, 0.25) is 0 Å². The number of halogens is 10. The standard InChI is InChI=1S/C17H8Br10O8P2/c18-5-7(20)11(24)15(12(25)8(5)21)34-36(28)30-1-17(2-31-36)3-32-37(29,33-4-17)35-16-13(26)9(22)6(19)10(23)14(16)27/h1-4H2. The molecule has 0 unspecified atom stereocenters. The molecule has 0 bridgehead atoms. The Labute approximate surface area is 295 Å². The number of rotatable bonds is 4. The van der Waals surface area contributed by atoms with Crippen LogP contribution >= 0.6 is 175 Å². The molecule has 2 aromatic rings. The van der Waals surface area contributed by atoms with E-state index in [1.165, 1.54) is 0 Å². The van der Waals surface area contributed by atoms with E-state index in [9.17, 15) is 9.13 Å². The molecule has 1 spiro atoms. The monoisotopic (exact) mass is 1190 g/mol. The third-order valence-electron chi connectivity index (χ3n) is 4.86. The Morgan fingerprint density at radius 2 is 0.676 bits per heavy atom. The molecule has 2 aliphatic rings. The van der Waals surface area contributed by atoms with Crippen molar-refractivity contribution in [3.8, 4) is 11.5 Å². The summed E-state index contributed by atoms with van der Waals surface area (Å²) in [6.07, 6.45) is 0. The van der Waals surface area contributed by atoms with Crippen molar-refractivity contribution in [3.05, 3.63) is 44.7 Å². The smallest absolute Gasteiger partial charge is 0.401 e. The Hall–Kier alpha value is 3.14. The summed E-state index contributed by atoms with van der Waals surface area (Å²) in [5.74, 6) is 0.413. The lowest BCUT2D eigenvalue weighted by molar-refractivity contribution is -0.0854. The molecule has 0 N–H and O–H groups in total. The van der Waals surface area contributed by atoms with Gasteiger partial charge in [-0.1, -0.05) is 0 Å². The van der Waals surface area contributed by atoms with Gasteiger partial charge in [0.1, 0.15) is 0 Å². The summed E-state index contributed by atoms with van der Waals surface area (Å²) in [4.78, 5) is 0. The highest BCUT2D eigenvalue weighted by molar-refractivity contribution is 9.16. The number of phosphoric ester groups is 2. The first-order valence-corrected chi connectivity index (χ1v) is 20.2. The highest BCUT2D eigenvalue weighted by atomic mass is 79.9. The minimum Gasteiger partial charge on any atom is -0.401 e. The Morgan fingerprint density at radius 1 is 0.459 bits per heavy atom. The fourth-order valence-corrected chi connectivity index (χ4v) is 12.6. The van der Waals surface area contributed by atoms with Gasteiger partial charge >= 0.3 is 15.6 Å². The van der Waals surface area contributed by atoms with Gasteiger partial charge in [0.25, 0.3) is 0 Å². The lowest BCUT2D eigenvalue weighted by atomic mass is 9.93. The van der Waals surface area contributed by atoms with E-state index in [1.54, 1.807) is 0 Å². The van der Waals surface area contributed by atoms with Crippen molar-refractivity contribution in [2.24, 2.45) is 5.41 Å². The molecule has 0 aliphatic carbocycles. The number of hydrogen-bond donors (Lipinski definition) is 0. The zero-order valence-electron chi connectivity index (χ0n) is 17.3. The lowest BCUT2D eigenvalue weighted by Gasteiger charge is -2.41. The van der Waals surface area contributed by atoms with Crippen molar-refractivity contribution in [1.29, 1.82) is 0 Å². The molecule has 20 heteroatoms. The quantitative estimate of drug-likeness (QED) is 0.170. The van der Waals surface area contributed by atoms with Gasteiger partial charge in [-0.05, 0) is 159 Å². The first-order chi connectivity index (χ1) is 17.1. The third kappa shape index (κ3) is 6.79. The van der Waals surface area contributed by atoms with Crippen molar-refractivity contribution >= 4 is 175 Å². The summed E-state index contributed by atoms with van der Waals surface area (Å²) in [6, 6.07) is 0. The second-order valence-electron chi connectivity index (χ2n) is 7.47. The zero-order valence-corrected chi connectivity index (χ0v) is 34.9. The van der Waals surface area contributed by atoms with Crippen LogP contribution in [0.1, 0.15) is 0 Å². The van der Waals surface area contributed by atoms with Crippen molar-refractivity contribution in [1.82, 2.24) is 0 Å². The van der Waals surface area contributed by atoms with E-state index in [0.29, 0.717) is 44.7 Å². The van der Waals surface area contributed by atoms with E-state index >= 15 is 0 Å². The molecule has 2 heterocycles. The fraction of sp³-hybridized carbons (Fsp3) is 0.294. The van der Waals surface area contributed by atoms with Crippen molar-refractivity contribution in [3.63, 3.8) is 0 Å². The average Bonchev–Trinajstić information content (AvgIpc) is 2.88. The van der Waals surface area contributed by atoms with Gasteiger partial charge in [-0.3, -0.25) is 18.1 Å². The van der Waals surface area contributed by atoms with Gasteiger partial charge < -0.3 is 9.05 Å². The normalized spacial score (nSPS) is 27.9. The molecule has 0 atom stereocenters. The Bertz CT molecular complexity index is 1200. The minimum atomic E-state index is -4.01. The first kappa shape index (κ1) is 33.0. The maximum atomic E-state index is 13.2. The molecule has 2 saturated heterocycles. The summed E-state index contributed by atoms with van der Waals surface area (Å²) in [7, 11) is -8.02. The molecule has 0 amide bonds. The van der Waals surface area contributed by atoms with Crippen LogP contribution in [0.15, 0.2) is 44.7 Å². The highest BCUT2D eigenvalue weighted by Crippen LogP contribution is 2.63. The summed E-state index contributed by atoms with van der Waals surface area (Å²) in [6.45, 7) is -0.384. The van der Waals surface area contributed by atoms with E-state index in [2.05, 4.69) is 159 Å². The van der Waals surface area contributed by atoms with Gasteiger partial charge in [-0.15, -0.1) is 0 Å². The molecule has 0 aromatic heterocycles. The summed E-state index contributed by atoms with van der Waals surface area (Å²) >= 11 is 34.2. The van der Waals surface area contributed by atoms with E-state index < -0.39 is 21.1 Å². The fourth-order valence-electron chi connectivity index (χ4n) is 2.85. The molecule has 4 rings (SSSR count). The Kier molecular flexibility index (Phi) is 11.3. The second-order valence-corrected chi connectivity index (χ2v) is 18.6. The van der Waals surface area contributed by atoms with Crippen LogP contribution in [-0.2, 0) is 27.2 Å². The maximum Gasteiger partial charge on any atom is 0.530 e. The molecule has 2 aliphatic heterocycles. The van der Waals surface area contributed by atoms with Crippen LogP contribution < -0.4 is 9.05 Å². The van der Waals surface area contributed by atoms with Crippen molar-refractivity contribution < 1.29 is 36.3 Å². The first-order valence-electron chi connectivity index (χ1n) is 9.33. The molecule has 37 heavy (non-hydrogen) atoms. The molecular formula is C17H8Br10O8P2. The molecular weight excluding hydrogens is 1190 g/mol. The predicted octanol–water partition coefficient (Wildman–Crippen LogP) is 12.1. The zero-order chi connectivity index (χ0) is 27.5. The van der Waals surface area contributed by atoms with Crippen LogP contribution in [0.25, 0.3) is 0 Å². The van der Waals surface area contributed by atoms with Crippen molar-refractivity contribution in [2.45, 2.75) is 0 Å². The van der Waals surface area contributed by atoms with Gasteiger partial charge in [-0.2, -0.15) is 0 Å². The topological polar surface area (TPSA) is 89.5 Å². The van der Waals surface area contributed by atoms with Gasteiger partial charge in [0.05, 0.1) is 67.6 Å². The van der Waals surface area contributed by atoms with Gasteiger partial charge in [0, 0.05) is 8.95 Å². The SMILES string of the molecule is O=P1(Oc2c(Br)c(Br)c(Br)c(Br)c2Br)OCC2(CO1)COP(=O)(Oc1c(Br)c(Br)c(Br)c(Br)c1Br)OC2. The molecule has 2 fully saturated rings. The largest absolute Gasteiger partial charge is 0.530 e. The van der Waals surface area contributed by atoms with E-state index in [0.717, 1.165) is 0 Å². The summed E-state index contributed by atoms with van der Waals surface area (Å²) in [5, 5.41) is 0. The molecule has 0 saturated carbocycles. The lowest BCUT2D eigenvalue weighted by Crippen LogP contribution is -2.46. The summed E-state index contributed by atoms with van der Waals surface area (Å²) < 4.78 is 66.0. The maximum absolute atomic E-state index is 13.2. The molecule has 204 valence electrons. The molecule has 8 nitrogen and oxygen atoms in total. The van der Waals surface area contributed by atoms with Crippen LogP contribution in [0.4, 0.5) is 0 Å². The predicted molar refractivity (Wildman–Crippen MR) is 173 cm³/mol. The van der Waals surface area contributed by atoms with Gasteiger partial charge in [0.15, 0.2) is 11.5 Å². The van der Waals surface area contributed by atoms with Crippen molar-refractivity contribution in [2.75, 3.05) is 26.4 Å². The van der Waals surface area contributed by atoms with E-state index in [4.69, 9.17) is 27.1 Å². The molecule has 2 aromatic carbocycles. The Balaban J connectivity index is 1.45. The van der Waals surface area contributed by atoms with Crippen LogP contribution in [-0.4, -0.2) is 26.4 Å². The number of phosphoric acid groups is 2. The number of hydrogen-bond acceptors (Lipinski definition) is 8. The second kappa shape index (κ2) is 12.6. The van der Waals surface area contributed by atoms with Crippen LogP contribution in [0.3, 0.4) is 0 Å². The minimum absolute atomic E-state index is 0.0961. The van der Waals surface area contributed by atoms with Crippen LogP contribution in [0.5, 0.6) is 11.5 Å². The third-order valence-corrected chi connectivity index (χ3v) is 19.5. The average molecular weight is 1200 g/mol. The Morgan fingerprint density at radius 3 is 0.919 bits per heavy atom. The van der Waals surface area contributed by atoms with Crippen LogP contribution in [0, 0.1) is 5.41 Å². The van der Waals surface area contributed by atoms with E-state index in [-0.39, 0.29) is 37.9 Å².